The quantitative estimate of drug-likeness (QED) is 0.502. The zero-order valence-electron chi connectivity index (χ0n) is 20.9. The average molecular weight is 481 g/mol. The van der Waals surface area contributed by atoms with E-state index in [0.717, 1.165) is 12.5 Å². The first-order valence-electron chi connectivity index (χ1n) is 12.4. The highest BCUT2D eigenvalue weighted by molar-refractivity contribution is 6.01. The highest BCUT2D eigenvalue weighted by Crippen LogP contribution is 2.64. The maximum absolute atomic E-state index is 16.8. The summed E-state index contributed by atoms with van der Waals surface area (Å²) < 4.78 is 36.6. The molecule has 3 aliphatic carbocycles. The highest BCUT2D eigenvalue weighted by atomic mass is 19.1. The van der Waals surface area contributed by atoms with Gasteiger partial charge in [-0.3, -0.25) is 14.4 Å². The highest BCUT2D eigenvalue weighted by Gasteiger charge is 2.66. The minimum Gasteiger partial charge on any atom is -0.458 e. The summed E-state index contributed by atoms with van der Waals surface area (Å²) in [6.45, 7) is 8.31. The van der Waals surface area contributed by atoms with Crippen molar-refractivity contribution in [2.75, 3.05) is 6.61 Å². The summed E-state index contributed by atoms with van der Waals surface area (Å²) >= 11 is 0. The van der Waals surface area contributed by atoms with Gasteiger partial charge in [0.25, 0.3) is 0 Å². The molecule has 0 aromatic heterocycles. The van der Waals surface area contributed by atoms with Crippen LogP contribution in [0.1, 0.15) is 73.1 Å². The maximum atomic E-state index is 16.8. The van der Waals surface area contributed by atoms with Crippen molar-refractivity contribution >= 4 is 17.5 Å². The van der Waals surface area contributed by atoms with Crippen molar-refractivity contribution < 1.29 is 33.0 Å². The van der Waals surface area contributed by atoms with Crippen LogP contribution in [0, 0.1) is 28.6 Å². The molecular formula is C27H38F2O5. The Bertz CT molecular complexity index is 895. The Balaban J connectivity index is 1.84. The topological polar surface area (TPSA) is 80.7 Å². The molecule has 0 radical (unpaired) electrons. The number of rotatable bonds is 8. The van der Waals surface area contributed by atoms with Crippen LogP contribution in [0.25, 0.3) is 0 Å². The van der Waals surface area contributed by atoms with Gasteiger partial charge < -0.3 is 9.84 Å². The van der Waals surface area contributed by atoms with Crippen molar-refractivity contribution in [1.29, 1.82) is 0 Å². The summed E-state index contributed by atoms with van der Waals surface area (Å²) in [6, 6.07) is 0. The molecule has 0 aromatic carbocycles. The van der Waals surface area contributed by atoms with Crippen LogP contribution < -0.4 is 0 Å². The van der Waals surface area contributed by atoms with E-state index in [1.54, 1.807) is 6.92 Å². The van der Waals surface area contributed by atoms with E-state index in [1.807, 2.05) is 20.8 Å². The molecule has 0 aliphatic heterocycles. The number of alkyl halides is 2. The molecule has 3 aliphatic rings. The lowest BCUT2D eigenvalue weighted by atomic mass is 9.52. The van der Waals surface area contributed by atoms with Gasteiger partial charge in [-0.05, 0) is 74.5 Å². The number of aliphatic hydroxyl groups excluding tert-OH is 1. The predicted molar refractivity (Wildman–Crippen MR) is 124 cm³/mol. The first-order valence-corrected chi connectivity index (χ1v) is 12.4. The van der Waals surface area contributed by atoms with Gasteiger partial charge in [0.05, 0.1) is 6.10 Å². The number of hydrogen-bond acceptors (Lipinski definition) is 5. The van der Waals surface area contributed by atoms with E-state index in [9.17, 15) is 23.9 Å². The fourth-order valence-electron chi connectivity index (χ4n) is 6.92. The van der Waals surface area contributed by atoms with Gasteiger partial charge in [-0.1, -0.05) is 33.3 Å². The number of esters is 1. The molecule has 1 N–H and O–H groups in total. The number of ether oxygens (including phenoxy) is 1. The van der Waals surface area contributed by atoms with E-state index in [2.05, 4.69) is 0 Å². The van der Waals surface area contributed by atoms with Gasteiger partial charge in [-0.25, -0.2) is 8.78 Å². The van der Waals surface area contributed by atoms with E-state index in [4.69, 9.17) is 4.74 Å². The number of fused-ring (bicyclic) bond motifs is 1. The molecule has 2 fully saturated rings. The smallest absolute Gasteiger partial charge is 0.306 e. The van der Waals surface area contributed by atoms with Crippen molar-refractivity contribution in [3.63, 3.8) is 0 Å². The monoisotopic (exact) mass is 480 g/mol. The molecule has 34 heavy (non-hydrogen) atoms. The van der Waals surface area contributed by atoms with Crippen molar-refractivity contribution in [3.8, 4) is 0 Å². The van der Waals surface area contributed by atoms with E-state index >= 15 is 4.39 Å². The summed E-state index contributed by atoms with van der Waals surface area (Å²) in [4.78, 5) is 36.9. The number of halogens is 2. The zero-order chi connectivity index (χ0) is 25.5. The standard InChI is InChI=1S/C27H38F2O5/c1-6-7-8-23(33)34-15-21(31)24-16(2)11-18-13-27(29,22(32)14-25(18,24)4)26(5)10-9-19(30)12-20(26)17(3)28/h9-10,12,16-18,22,24,32H,6-8,11,13-15H2,1-5H3/t16-,17+,18+,22+,24-,25+,26+,27+/m1/s1. The molecule has 0 heterocycles. The molecule has 0 unspecified atom stereocenters. The van der Waals surface area contributed by atoms with Gasteiger partial charge in [-0.2, -0.15) is 0 Å². The summed E-state index contributed by atoms with van der Waals surface area (Å²) in [5, 5.41) is 11.2. The second kappa shape index (κ2) is 9.63. The maximum Gasteiger partial charge on any atom is 0.306 e. The Labute approximate surface area is 201 Å². The van der Waals surface area contributed by atoms with Gasteiger partial charge in [0.15, 0.2) is 11.6 Å². The lowest BCUT2D eigenvalue weighted by Crippen LogP contribution is -2.60. The fourth-order valence-corrected chi connectivity index (χ4v) is 6.92. The van der Waals surface area contributed by atoms with Crippen LogP contribution in [0.3, 0.4) is 0 Å². The molecule has 3 rings (SSSR count). The van der Waals surface area contributed by atoms with E-state index in [1.165, 1.54) is 19.1 Å². The van der Waals surface area contributed by atoms with E-state index in [0.29, 0.717) is 12.8 Å². The molecule has 0 saturated heterocycles. The van der Waals surface area contributed by atoms with Gasteiger partial charge in [0.1, 0.15) is 18.4 Å². The van der Waals surface area contributed by atoms with Crippen LogP contribution in [-0.4, -0.2) is 47.2 Å². The predicted octanol–water partition coefficient (Wildman–Crippen LogP) is 4.86. The molecule has 5 nitrogen and oxygen atoms in total. The third-order valence-corrected chi connectivity index (χ3v) is 8.80. The number of Topliss-reactive ketones (excluding diaryl/α,β-unsaturated/α-hetero) is 1. The first kappa shape index (κ1) is 26.7. The lowest BCUT2D eigenvalue weighted by molar-refractivity contribution is -0.159. The van der Waals surface area contributed by atoms with Gasteiger partial charge in [0, 0.05) is 17.8 Å². The van der Waals surface area contributed by atoms with Crippen LogP contribution in [0.5, 0.6) is 0 Å². The molecule has 8 atom stereocenters. The SMILES string of the molecule is CCCCC(=O)OCC(=O)[C@H]1[C@H](C)C[C@H]2C[C@@](F)([C@@]3(C)C=CC(=O)C=C3[C@H](C)F)[C@@H](O)C[C@@]21C. The molecule has 0 aromatic rings. The van der Waals surface area contributed by atoms with E-state index < -0.39 is 46.4 Å². The third-order valence-electron chi connectivity index (χ3n) is 8.80. The first-order chi connectivity index (χ1) is 15.8. The Hall–Kier alpha value is -1.89. The molecule has 190 valence electrons. The van der Waals surface area contributed by atoms with Gasteiger partial charge in [-0.15, -0.1) is 0 Å². The molecule has 2 saturated carbocycles. The second-order valence-corrected chi connectivity index (χ2v) is 11.1. The number of carbonyl (C=O) groups is 3. The van der Waals surface area contributed by atoms with Crippen LogP contribution in [0.15, 0.2) is 23.8 Å². The fraction of sp³-hybridized carbons (Fsp3) is 0.741. The zero-order valence-corrected chi connectivity index (χ0v) is 20.9. The lowest BCUT2D eigenvalue weighted by Gasteiger charge is -2.55. The van der Waals surface area contributed by atoms with Crippen molar-refractivity contribution in [1.82, 2.24) is 0 Å². The Morgan fingerprint density at radius 2 is 1.97 bits per heavy atom. The van der Waals surface area contributed by atoms with Crippen LogP contribution in [-0.2, 0) is 19.1 Å². The Kier molecular flexibility index (Phi) is 7.57. The molecule has 0 amide bonds. The molecule has 0 bridgehead atoms. The largest absolute Gasteiger partial charge is 0.458 e. The van der Waals surface area contributed by atoms with E-state index in [-0.39, 0.29) is 49.1 Å². The minimum absolute atomic E-state index is 0.0304. The van der Waals surface area contributed by atoms with Crippen LogP contribution >= 0.6 is 0 Å². The van der Waals surface area contributed by atoms with Gasteiger partial charge in [0.2, 0.25) is 0 Å². The van der Waals surface area contributed by atoms with Crippen molar-refractivity contribution in [2.45, 2.75) is 91.1 Å². The van der Waals surface area contributed by atoms with Crippen LogP contribution in [0.2, 0.25) is 0 Å². The number of ketones is 2. The number of carbonyl (C=O) groups excluding carboxylic acids is 3. The number of allylic oxidation sites excluding steroid dienone is 4. The summed E-state index contributed by atoms with van der Waals surface area (Å²) in [5.74, 6) is -1.77. The second-order valence-electron chi connectivity index (χ2n) is 11.1. The van der Waals surface area contributed by atoms with Crippen LogP contribution in [0.4, 0.5) is 8.78 Å². The number of hydrogen-bond donors (Lipinski definition) is 1. The average Bonchev–Trinajstić information content (AvgIpc) is 3.00. The molecule has 7 heteroatoms. The Morgan fingerprint density at radius 1 is 1.29 bits per heavy atom. The third kappa shape index (κ3) is 4.40. The van der Waals surface area contributed by atoms with Crippen molar-refractivity contribution in [2.24, 2.45) is 28.6 Å². The summed E-state index contributed by atoms with van der Waals surface area (Å²) in [6.07, 6.45) is 3.16. The summed E-state index contributed by atoms with van der Waals surface area (Å²) in [7, 11) is 0. The molecule has 0 spiro atoms. The number of aliphatic hydroxyl groups is 1. The number of unbranched alkanes of at least 4 members (excludes halogenated alkanes) is 1. The normalized spacial score (nSPS) is 40.5. The Morgan fingerprint density at radius 3 is 2.59 bits per heavy atom. The minimum atomic E-state index is -2.19. The van der Waals surface area contributed by atoms with Gasteiger partial charge >= 0.3 is 5.97 Å². The van der Waals surface area contributed by atoms with Crippen molar-refractivity contribution in [3.05, 3.63) is 23.8 Å². The summed E-state index contributed by atoms with van der Waals surface area (Å²) in [5.41, 5.74) is -4.31. The molecular weight excluding hydrogens is 442 g/mol.